The van der Waals surface area contributed by atoms with Crippen LogP contribution in [0.25, 0.3) is 0 Å². The average molecular weight is 486 g/mol. The molecule has 150 valence electrons. The van der Waals surface area contributed by atoms with Crippen molar-refractivity contribution < 1.29 is 4.74 Å². The molecule has 1 heterocycles. The number of aryl methyl sites for hydroxylation is 1. The number of aromatic nitrogens is 3. The van der Waals surface area contributed by atoms with Crippen molar-refractivity contribution in [1.82, 2.24) is 25.4 Å². The Kier molecular flexibility index (Phi) is 10.8. The normalized spacial score (nSPS) is 11.2. The lowest BCUT2D eigenvalue weighted by atomic mass is 10.1. The first-order chi connectivity index (χ1) is 12.6. The van der Waals surface area contributed by atoms with E-state index in [2.05, 4.69) is 49.4 Å². The first kappa shape index (κ1) is 23.2. The maximum Gasteiger partial charge on any atom is 0.191 e. The lowest BCUT2D eigenvalue weighted by molar-refractivity contribution is 0.242. The number of hydrogen-bond donors (Lipinski definition) is 2. The number of ether oxygens (including phenoxy) is 1. The molecule has 0 aliphatic heterocycles. The number of benzene rings is 1. The molecule has 0 spiro atoms. The zero-order chi connectivity index (χ0) is 18.8. The van der Waals surface area contributed by atoms with Crippen LogP contribution in [0.4, 0.5) is 0 Å². The van der Waals surface area contributed by atoms with Gasteiger partial charge in [-0.05, 0) is 38.0 Å². The van der Waals surface area contributed by atoms with Gasteiger partial charge in [-0.1, -0.05) is 19.1 Å². The van der Waals surface area contributed by atoms with Crippen molar-refractivity contribution in [2.24, 2.45) is 4.99 Å². The van der Waals surface area contributed by atoms with Crippen molar-refractivity contribution in [3.63, 3.8) is 0 Å². The Morgan fingerprint density at radius 2 is 1.89 bits per heavy atom. The smallest absolute Gasteiger partial charge is 0.191 e. The molecule has 0 saturated heterocycles. The lowest BCUT2D eigenvalue weighted by Crippen LogP contribution is -2.39. The molecule has 0 atom stereocenters. The molecule has 27 heavy (non-hydrogen) atoms. The van der Waals surface area contributed by atoms with Gasteiger partial charge in [-0.15, -0.1) is 34.2 Å². The highest BCUT2D eigenvalue weighted by atomic mass is 127. The summed E-state index contributed by atoms with van der Waals surface area (Å²) in [5, 5.41) is 14.7. The Bertz CT molecular complexity index is 684. The van der Waals surface area contributed by atoms with Crippen molar-refractivity contribution in [2.75, 3.05) is 20.1 Å². The summed E-state index contributed by atoms with van der Waals surface area (Å²) in [6.07, 6.45) is 3.77. The van der Waals surface area contributed by atoms with Gasteiger partial charge in [0.1, 0.15) is 17.9 Å². The van der Waals surface area contributed by atoms with E-state index in [0.717, 1.165) is 50.0 Å². The summed E-state index contributed by atoms with van der Waals surface area (Å²) in [5.41, 5.74) is 1.26. The summed E-state index contributed by atoms with van der Waals surface area (Å²) in [6, 6.07) is 8.25. The zero-order valence-corrected chi connectivity index (χ0v) is 18.9. The average Bonchev–Trinajstić information content (AvgIpc) is 3.09. The molecule has 1 aromatic carbocycles. The van der Waals surface area contributed by atoms with Crippen LogP contribution in [0.1, 0.15) is 32.2 Å². The second kappa shape index (κ2) is 12.5. The minimum atomic E-state index is 0. The van der Waals surface area contributed by atoms with Crippen LogP contribution in [-0.4, -0.2) is 47.0 Å². The van der Waals surface area contributed by atoms with Gasteiger partial charge in [0.15, 0.2) is 5.96 Å². The van der Waals surface area contributed by atoms with Gasteiger partial charge in [-0.25, -0.2) is 0 Å². The van der Waals surface area contributed by atoms with Gasteiger partial charge in [0.05, 0.1) is 6.10 Å². The third kappa shape index (κ3) is 8.15. The van der Waals surface area contributed by atoms with Crippen LogP contribution < -0.4 is 15.4 Å². The van der Waals surface area contributed by atoms with Gasteiger partial charge in [0, 0.05) is 33.1 Å². The number of halogens is 1. The van der Waals surface area contributed by atoms with E-state index in [-0.39, 0.29) is 30.1 Å². The zero-order valence-electron chi connectivity index (χ0n) is 16.6. The Morgan fingerprint density at radius 3 is 2.52 bits per heavy atom. The molecule has 8 heteroatoms. The highest BCUT2D eigenvalue weighted by molar-refractivity contribution is 14.0. The molecule has 2 N–H and O–H groups in total. The molecule has 0 bridgehead atoms. The fraction of sp³-hybridized carbons (Fsp3) is 0.526. The number of aliphatic imine (C=N–C) groups is 1. The summed E-state index contributed by atoms with van der Waals surface area (Å²) in [6.45, 7) is 8.54. The van der Waals surface area contributed by atoms with E-state index in [0.29, 0.717) is 0 Å². The minimum Gasteiger partial charge on any atom is -0.491 e. The molecule has 0 radical (unpaired) electrons. The van der Waals surface area contributed by atoms with Crippen molar-refractivity contribution in [3.8, 4) is 5.75 Å². The van der Waals surface area contributed by atoms with Crippen LogP contribution >= 0.6 is 24.0 Å². The van der Waals surface area contributed by atoms with Crippen LogP contribution in [0.2, 0.25) is 0 Å². The standard InChI is InChI=1S/C19H30N6O.HI/c1-5-18-24-23-14-25(18)13-12-22-19(20-4)21-11-10-16-6-8-17(9-7-16)26-15(2)3;/h6-9,14-15H,5,10-13H2,1-4H3,(H2,20,21,22);1H. The Balaban J connectivity index is 0.00000364. The number of nitrogens with one attached hydrogen (secondary N) is 2. The maximum atomic E-state index is 5.67. The van der Waals surface area contributed by atoms with E-state index >= 15 is 0 Å². The van der Waals surface area contributed by atoms with Crippen molar-refractivity contribution in [1.29, 1.82) is 0 Å². The van der Waals surface area contributed by atoms with E-state index < -0.39 is 0 Å². The topological polar surface area (TPSA) is 76.4 Å². The van der Waals surface area contributed by atoms with Gasteiger partial charge in [0.25, 0.3) is 0 Å². The number of rotatable bonds is 9. The van der Waals surface area contributed by atoms with E-state index in [1.54, 1.807) is 13.4 Å². The Labute approximate surface area is 179 Å². The van der Waals surface area contributed by atoms with E-state index in [4.69, 9.17) is 4.74 Å². The van der Waals surface area contributed by atoms with Crippen molar-refractivity contribution in [3.05, 3.63) is 42.0 Å². The van der Waals surface area contributed by atoms with E-state index in [1.165, 1.54) is 5.56 Å². The second-order valence-corrected chi connectivity index (χ2v) is 6.28. The third-order valence-corrected chi connectivity index (χ3v) is 3.88. The highest BCUT2D eigenvalue weighted by Crippen LogP contribution is 2.13. The second-order valence-electron chi connectivity index (χ2n) is 6.28. The molecule has 0 fully saturated rings. The summed E-state index contributed by atoms with van der Waals surface area (Å²) >= 11 is 0. The maximum absolute atomic E-state index is 5.67. The lowest BCUT2D eigenvalue weighted by Gasteiger charge is -2.13. The molecule has 0 saturated carbocycles. The van der Waals surface area contributed by atoms with Crippen molar-refractivity contribution in [2.45, 2.75) is 46.3 Å². The fourth-order valence-corrected chi connectivity index (χ4v) is 2.59. The molecular formula is C19H31IN6O. The molecule has 1 aromatic heterocycles. The van der Waals surface area contributed by atoms with E-state index in [1.807, 2.05) is 26.0 Å². The van der Waals surface area contributed by atoms with Gasteiger partial charge in [0.2, 0.25) is 0 Å². The van der Waals surface area contributed by atoms with Crippen LogP contribution in [0.3, 0.4) is 0 Å². The van der Waals surface area contributed by atoms with Crippen LogP contribution in [0, 0.1) is 0 Å². The summed E-state index contributed by atoms with van der Waals surface area (Å²) in [4.78, 5) is 4.26. The quantitative estimate of drug-likeness (QED) is 0.324. The summed E-state index contributed by atoms with van der Waals surface area (Å²) in [7, 11) is 1.78. The monoisotopic (exact) mass is 486 g/mol. The largest absolute Gasteiger partial charge is 0.491 e. The molecule has 7 nitrogen and oxygen atoms in total. The van der Waals surface area contributed by atoms with E-state index in [9.17, 15) is 0 Å². The van der Waals surface area contributed by atoms with Gasteiger partial charge < -0.3 is 19.9 Å². The van der Waals surface area contributed by atoms with Crippen LogP contribution in [0.15, 0.2) is 35.6 Å². The molecule has 0 amide bonds. The Morgan fingerprint density at radius 1 is 1.19 bits per heavy atom. The summed E-state index contributed by atoms with van der Waals surface area (Å²) < 4.78 is 7.72. The third-order valence-electron chi connectivity index (χ3n) is 3.88. The van der Waals surface area contributed by atoms with Crippen LogP contribution in [-0.2, 0) is 19.4 Å². The molecule has 0 aliphatic carbocycles. The highest BCUT2D eigenvalue weighted by Gasteiger charge is 2.03. The van der Waals surface area contributed by atoms with Crippen LogP contribution in [0.5, 0.6) is 5.75 Å². The fourth-order valence-electron chi connectivity index (χ4n) is 2.59. The predicted molar refractivity (Wildman–Crippen MR) is 120 cm³/mol. The number of hydrogen-bond acceptors (Lipinski definition) is 4. The molecular weight excluding hydrogens is 455 g/mol. The summed E-state index contributed by atoms with van der Waals surface area (Å²) in [5.74, 6) is 2.71. The minimum absolute atomic E-state index is 0. The molecule has 0 aliphatic rings. The molecule has 2 aromatic rings. The van der Waals surface area contributed by atoms with Crippen molar-refractivity contribution >= 4 is 29.9 Å². The SMILES string of the molecule is CCc1nncn1CCNC(=NC)NCCc1ccc(OC(C)C)cc1.I. The molecule has 2 rings (SSSR count). The molecule has 0 unspecified atom stereocenters. The first-order valence-corrected chi connectivity index (χ1v) is 9.19. The van der Waals surface area contributed by atoms with Gasteiger partial charge in [-0.3, -0.25) is 4.99 Å². The number of nitrogens with zero attached hydrogens (tertiary/aromatic N) is 4. The van der Waals surface area contributed by atoms with Gasteiger partial charge in [-0.2, -0.15) is 0 Å². The van der Waals surface area contributed by atoms with Gasteiger partial charge >= 0.3 is 0 Å². The predicted octanol–water partition coefficient (Wildman–Crippen LogP) is 2.65. The first-order valence-electron chi connectivity index (χ1n) is 9.19. The Hall–Kier alpha value is -1.84. The number of guanidine groups is 1.